The predicted octanol–water partition coefficient (Wildman–Crippen LogP) is 4.27. The van der Waals surface area contributed by atoms with Crippen LogP contribution in [0.2, 0.25) is 0 Å². The van der Waals surface area contributed by atoms with Gasteiger partial charge in [-0.25, -0.2) is 0 Å². The number of amides is 1. The van der Waals surface area contributed by atoms with E-state index >= 15 is 0 Å². The Bertz CT molecular complexity index is 790. The lowest BCUT2D eigenvalue weighted by molar-refractivity contribution is 0.0710. The number of carbonyl (C=O) groups is 2. The fourth-order valence-electron chi connectivity index (χ4n) is 3.65. The van der Waals surface area contributed by atoms with E-state index in [1.165, 1.54) is 5.56 Å². The third kappa shape index (κ3) is 3.85. The minimum absolute atomic E-state index is 0.0700. The Hall–Kier alpha value is -2.49. The highest BCUT2D eigenvalue weighted by atomic mass is 16.2. The molecule has 1 saturated carbocycles. The average molecular weight is 350 g/mol. The van der Waals surface area contributed by atoms with Crippen molar-refractivity contribution in [3.8, 4) is 0 Å². The maximum absolute atomic E-state index is 13.3. The van der Waals surface area contributed by atoms with Gasteiger partial charge in [0.15, 0.2) is 0 Å². The largest absolute Gasteiger partial charge is 0.339 e. The Labute approximate surface area is 155 Å². The van der Waals surface area contributed by atoms with Crippen LogP contribution in [0.4, 0.5) is 0 Å². The normalized spacial score (nSPS) is 16.1. The fraction of sp³-hybridized carbons (Fsp3) is 0.409. The van der Waals surface area contributed by atoms with Crippen molar-refractivity contribution in [2.75, 3.05) is 0 Å². The fourth-order valence-corrected chi connectivity index (χ4v) is 3.65. The van der Waals surface area contributed by atoms with Crippen molar-refractivity contribution in [3.05, 3.63) is 65.0 Å². The molecular formula is C22H26N2O2. The summed E-state index contributed by atoms with van der Waals surface area (Å²) in [6.07, 6.45) is 6.89. The number of aromatic nitrogens is 1. The van der Waals surface area contributed by atoms with Gasteiger partial charge in [-0.05, 0) is 61.6 Å². The van der Waals surface area contributed by atoms with Crippen LogP contribution in [0, 0.1) is 6.92 Å². The van der Waals surface area contributed by atoms with E-state index in [9.17, 15) is 9.59 Å². The number of nitrogens with one attached hydrogen (secondary N) is 1. The van der Waals surface area contributed by atoms with Crippen molar-refractivity contribution < 1.29 is 9.59 Å². The van der Waals surface area contributed by atoms with Gasteiger partial charge in [-0.1, -0.05) is 38.3 Å². The van der Waals surface area contributed by atoms with E-state index in [0.29, 0.717) is 24.1 Å². The second-order valence-electron chi connectivity index (χ2n) is 7.19. The summed E-state index contributed by atoms with van der Waals surface area (Å²) in [5, 5.41) is 3.08. The van der Waals surface area contributed by atoms with E-state index in [1.807, 2.05) is 37.3 Å². The van der Waals surface area contributed by atoms with Crippen LogP contribution in [0.25, 0.3) is 0 Å². The molecule has 1 N–H and O–H groups in total. The molecule has 1 aliphatic carbocycles. The summed E-state index contributed by atoms with van der Waals surface area (Å²) < 4.78 is 0. The topological polar surface area (TPSA) is 59.1 Å². The molecule has 0 spiro atoms. The molecule has 26 heavy (non-hydrogen) atoms. The van der Waals surface area contributed by atoms with E-state index in [-0.39, 0.29) is 11.7 Å². The molecule has 0 radical (unpaired) electrons. The number of aryl methyl sites for hydroxylation is 2. The zero-order chi connectivity index (χ0) is 18.6. The van der Waals surface area contributed by atoms with Crippen molar-refractivity contribution in [1.82, 2.24) is 10.3 Å². The Kier molecular flexibility index (Phi) is 5.50. The van der Waals surface area contributed by atoms with Gasteiger partial charge in [-0.15, -0.1) is 0 Å². The molecule has 1 aromatic carbocycles. The molecule has 1 aromatic heterocycles. The van der Waals surface area contributed by atoms with Gasteiger partial charge in [-0.2, -0.15) is 0 Å². The lowest BCUT2D eigenvalue weighted by Gasteiger charge is -2.36. The number of hydrogen-bond donors (Lipinski definition) is 1. The molecule has 2 aromatic rings. The van der Waals surface area contributed by atoms with Crippen LogP contribution in [-0.4, -0.2) is 22.2 Å². The monoisotopic (exact) mass is 350 g/mol. The van der Waals surface area contributed by atoms with Crippen molar-refractivity contribution in [2.24, 2.45) is 0 Å². The standard InChI is InChI=1S/C22H26N2O2/c1-3-17-7-9-18(10-8-17)21(26)24-22(12-5-4-6-13-22)20(25)19-15-16(2)11-14-23-19/h7-11,14-15H,3-6,12-13H2,1-2H3,(H,24,26). The highest BCUT2D eigenvalue weighted by Crippen LogP contribution is 2.31. The van der Waals surface area contributed by atoms with Crippen molar-refractivity contribution in [3.63, 3.8) is 0 Å². The van der Waals surface area contributed by atoms with Crippen molar-refractivity contribution in [2.45, 2.75) is 57.9 Å². The zero-order valence-corrected chi connectivity index (χ0v) is 15.5. The summed E-state index contributed by atoms with van der Waals surface area (Å²) in [5.41, 5.74) is 2.37. The zero-order valence-electron chi connectivity index (χ0n) is 15.5. The first-order valence-corrected chi connectivity index (χ1v) is 9.43. The summed E-state index contributed by atoms with van der Waals surface area (Å²) >= 11 is 0. The molecule has 3 rings (SSSR count). The minimum atomic E-state index is -0.848. The molecule has 4 nitrogen and oxygen atoms in total. The smallest absolute Gasteiger partial charge is 0.252 e. The Morgan fingerprint density at radius 1 is 1.08 bits per heavy atom. The second-order valence-corrected chi connectivity index (χ2v) is 7.19. The van der Waals surface area contributed by atoms with Gasteiger partial charge in [0.2, 0.25) is 5.78 Å². The van der Waals surface area contributed by atoms with Gasteiger partial charge in [0.25, 0.3) is 5.91 Å². The predicted molar refractivity (Wildman–Crippen MR) is 102 cm³/mol. The number of benzene rings is 1. The number of nitrogens with zero attached hydrogens (tertiary/aromatic N) is 1. The number of Topliss-reactive ketones (excluding diaryl/α,β-unsaturated/α-hetero) is 1. The minimum Gasteiger partial charge on any atom is -0.339 e. The summed E-state index contributed by atoms with van der Waals surface area (Å²) in [6.45, 7) is 4.03. The Balaban J connectivity index is 1.87. The van der Waals surface area contributed by atoms with Crippen LogP contribution >= 0.6 is 0 Å². The van der Waals surface area contributed by atoms with E-state index < -0.39 is 5.54 Å². The highest BCUT2D eigenvalue weighted by molar-refractivity contribution is 6.06. The van der Waals surface area contributed by atoms with Gasteiger partial charge in [0.05, 0.1) is 0 Å². The van der Waals surface area contributed by atoms with Crippen molar-refractivity contribution >= 4 is 11.7 Å². The lowest BCUT2D eigenvalue weighted by Crippen LogP contribution is -2.55. The second kappa shape index (κ2) is 7.81. The van der Waals surface area contributed by atoms with Gasteiger partial charge in [-0.3, -0.25) is 14.6 Å². The summed E-state index contributed by atoms with van der Waals surface area (Å²) in [6, 6.07) is 11.3. The molecule has 1 fully saturated rings. The van der Waals surface area contributed by atoms with E-state index in [0.717, 1.165) is 31.2 Å². The molecule has 1 heterocycles. The van der Waals surface area contributed by atoms with Crippen LogP contribution in [-0.2, 0) is 6.42 Å². The Morgan fingerprint density at radius 2 is 1.77 bits per heavy atom. The average Bonchev–Trinajstić information content (AvgIpc) is 2.68. The molecule has 4 heteroatoms. The quantitative estimate of drug-likeness (QED) is 0.819. The number of rotatable bonds is 5. The van der Waals surface area contributed by atoms with Gasteiger partial charge in [0, 0.05) is 11.8 Å². The van der Waals surface area contributed by atoms with E-state index in [4.69, 9.17) is 0 Å². The third-order valence-corrected chi connectivity index (χ3v) is 5.27. The molecule has 0 aliphatic heterocycles. The first kappa shape index (κ1) is 18.3. The number of pyridine rings is 1. The van der Waals surface area contributed by atoms with Gasteiger partial charge < -0.3 is 5.32 Å². The van der Waals surface area contributed by atoms with Crippen molar-refractivity contribution in [1.29, 1.82) is 0 Å². The molecule has 136 valence electrons. The third-order valence-electron chi connectivity index (χ3n) is 5.27. The SMILES string of the molecule is CCc1ccc(C(=O)NC2(C(=O)c3cc(C)ccn3)CCCCC2)cc1. The van der Waals surface area contributed by atoms with Crippen LogP contribution in [0.5, 0.6) is 0 Å². The summed E-state index contributed by atoms with van der Waals surface area (Å²) in [7, 11) is 0. The maximum Gasteiger partial charge on any atom is 0.252 e. The number of hydrogen-bond acceptors (Lipinski definition) is 3. The molecule has 0 saturated heterocycles. The lowest BCUT2D eigenvalue weighted by atomic mass is 9.77. The molecule has 1 amide bonds. The molecular weight excluding hydrogens is 324 g/mol. The first-order chi connectivity index (χ1) is 12.5. The van der Waals surface area contributed by atoms with Crippen LogP contribution < -0.4 is 5.32 Å². The molecule has 1 aliphatic rings. The molecule has 0 unspecified atom stereocenters. The van der Waals surface area contributed by atoms with Crippen LogP contribution in [0.3, 0.4) is 0 Å². The Morgan fingerprint density at radius 3 is 2.38 bits per heavy atom. The van der Waals surface area contributed by atoms with Crippen LogP contribution in [0.15, 0.2) is 42.6 Å². The highest BCUT2D eigenvalue weighted by Gasteiger charge is 2.42. The number of carbonyl (C=O) groups excluding carboxylic acids is 2. The van der Waals surface area contributed by atoms with Gasteiger partial charge >= 0.3 is 0 Å². The van der Waals surface area contributed by atoms with E-state index in [2.05, 4.69) is 17.2 Å². The summed E-state index contributed by atoms with van der Waals surface area (Å²) in [4.78, 5) is 30.4. The maximum atomic E-state index is 13.3. The van der Waals surface area contributed by atoms with Crippen LogP contribution in [0.1, 0.15) is 71.0 Å². The summed E-state index contributed by atoms with van der Waals surface area (Å²) in [5.74, 6) is -0.255. The van der Waals surface area contributed by atoms with E-state index in [1.54, 1.807) is 12.3 Å². The first-order valence-electron chi connectivity index (χ1n) is 9.43. The molecule has 0 atom stereocenters. The van der Waals surface area contributed by atoms with Gasteiger partial charge in [0.1, 0.15) is 11.2 Å². The number of ketones is 1. The molecule has 0 bridgehead atoms.